The number of alkyl halides is 1. The van der Waals surface area contributed by atoms with Crippen LogP contribution in [0.4, 0.5) is 17.6 Å². The first kappa shape index (κ1) is 39.2. The predicted molar refractivity (Wildman–Crippen MR) is 188 cm³/mol. The smallest absolute Gasteiger partial charge is 0.254 e. The molecular weight excluding hydrogens is 768 g/mol. The minimum atomic E-state index is -1.33. The average molecular weight is 796 g/mol. The minimum Gasteiger partial charge on any atom is -0.505 e. The van der Waals surface area contributed by atoms with E-state index in [0.717, 1.165) is 35.4 Å². The summed E-state index contributed by atoms with van der Waals surface area (Å²) in [6, 6.07) is 23.0. The second-order valence-electron chi connectivity index (χ2n) is 10.2. The molecule has 0 aliphatic heterocycles. The molecule has 0 aliphatic carbocycles. The number of nitrogens with zero attached hydrogens (tertiary/aromatic N) is 4. The largest absolute Gasteiger partial charge is 0.505 e. The Bertz CT molecular complexity index is 2220. The average Bonchev–Trinajstić information content (AvgIpc) is 3.82. The Morgan fingerprint density at radius 3 is 1.62 bits per heavy atom. The Labute approximate surface area is 306 Å². The summed E-state index contributed by atoms with van der Waals surface area (Å²) in [4.78, 5) is 29.7. The highest BCUT2D eigenvalue weighted by Gasteiger charge is 2.20. The lowest BCUT2D eigenvalue weighted by Gasteiger charge is -2.07. The summed E-state index contributed by atoms with van der Waals surface area (Å²) < 4.78 is 68.1. The van der Waals surface area contributed by atoms with Gasteiger partial charge in [-0.05, 0) is 47.5 Å². The molecule has 0 spiro atoms. The molecule has 17 heteroatoms. The number of hydrogen-bond donors (Lipinski definition) is 3. The first-order valence-electron chi connectivity index (χ1n) is 15.0. The number of hydrogen-bond acceptors (Lipinski definition) is 10. The second-order valence-corrected chi connectivity index (χ2v) is 10.8. The standard InChI is InChI=1S/C18H13F2N3O3.C11H9BrN2O.C7H5F2NO2/c19-12-7-8-13(17(20)16(12)18(21)24)25-10-14-22-15(26-23-14)9-6-11-4-2-1-3-5-11;12-8-10-13-11(15-14-10)7-6-9-4-2-1-3-5-9;8-3-1-2-4(11)6(9)5(3)7(10)12/h1-9H,10H2,(H2,21,24);1-7H,8H2;1-2,11H,(H2,10,12)/b9-6+;7-6+;. The van der Waals surface area contributed by atoms with E-state index in [1.54, 1.807) is 18.2 Å². The second kappa shape index (κ2) is 19.1. The lowest BCUT2D eigenvalue weighted by atomic mass is 10.1. The van der Waals surface area contributed by atoms with Crippen LogP contribution in [0.25, 0.3) is 24.3 Å². The van der Waals surface area contributed by atoms with Gasteiger partial charge in [-0.3, -0.25) is 9.59 Å². The molecule has 0 radical (unpaired) electrons. The molecule has 2 heterocycles. The maximum absolute atomic E-state index is 14.1. The topological polar surface area (TPSA) is 193 Å². The van der Waals surface area contributed by atoms with Gasteiger partial charge in [-0.15, -0.1) is 0 Å². The van der Waals surface area contributed by atoms with Crippen LogP contribution in [0.15, 0.2) is 94.0 Å². The van der Waals surface area contributed by atoms with Gasteiger partial charge in [-0.1, -0.05) is 86.9 Å². The summed E-state index contributed by atoms with van der Waals surface area (Å²) in [6.07, 6.45) is 7.15. The van der Waals surface area contributed by atoms with E-state index in [1.165, 1.54) is 0 Å². The number of amides is 2. The highest BCUT2D eigenvalue weighted by Crippen LogP contribution is 2.24. The van der Waals surface area contributed by atoms with Crippen molar-refractivity contribution in [1.29, 1.82) is 0 Å². The number of carbonyl (C=O) groups is 2. The van der Waals surface area contributed by atoms with Gasteiger partial charge in [0.1, 0.15) is 22.8 Å². The molecule has 0 saturated heterocycles. The third kappa shape index (κ3) is 11.4. The van der Waals surface area contributed by atoms with Gasteiger partial charge in [0.15, 0.2) is 35.6 Å². The monoisotopic (exact) mass is 794 g/mol. The lowest BCUT2D eigenvalue weighted by Crippen LogP contribution is -2.16. The highest BCUT2D eigenvalue weighted by atomic mass is 79.9. The molecule has 0 saturated carbocycles. The van der Waals surface area contributed by atoms with Crippen LogP contribution in [0, 0.1) is 23.3 Å². The molecule has 5 N–H and O–H groups in total. The molecule has 0 unspecified atom stereocenters. The zero-order valence-corrected chi connectivity index (χ0v) is 28.7. The van der Waals surface area contributed by atoms with E-state index in [9.17, 15) is 27.2 Å². The third-order valence-corrected chi connectivity index (χ3v) is 7.00. The normalized spacial score (nSPS) is 10.7. The van der Waals surface area contributed by atoms with E-state index in [1.807, 2.05) is 66.7 Å². The SMILES string of the molecule is BrCc1noc(/C=C/c2ccccc2)n1.NC(=O)c1c(F)ccc(O)c1F.NC(=O)c1c(F)ccc(OCc2noc(/C=C/c3ccccc3)n2)c1F. The zero-order valence-electron chi connectivity index (χ0n) is 27.1. The maximum atomic E-state index is 14.1. The molecule has 6 rings (SSSR count). The molecular formula is C36H27BrF4N6O6. The Hall–Kier alpha value is -6.62. The predicted octanol–water partition coefficient (Wildman–Crippen LogP) is 7.10. The molecule has 2 aromatic heterocycles. The maximum Gasteiger partial charge on any atom is 0.254 e. The molecule has 2 amide bonds. The number of phenolic OH excluding ortho intramolecular Hbond substituents is 1. The molecule has 0 fully saturated rings. The van der Waals surface area contributed by atoms with E-state index < -0.39 is 52.0 Å². The van der Waals surface area contributed by atoms with Gasteiger partial charge in [0.25, 0.3) is 23.6 Å². The molecule has 6 aromatic rings. The number of nitrogens with two attached hydrogens (primary N) is 2. The quantitative estimate of drug-likeness (QED) is 0.0951. The van der Waals surface area contributed by atoms with Gasteiger partial charge in [0.05, 0.1) is 5.33 Å². The van der Waals surface area contributed by atoms with E-state index in [0.29, 0.717) is 17.0 Å². The number of primary amides is 2. The number of halogens is 5. The van der Waals surface area contributed by atoms with Crippen LogP contribution in [0.3, 0.4) is 0 Å². The first-order valence-corrected chi connectivity index (χ1v) is 16.1. The van der Waals surface area contributed by atoms with Crippen molar-refractivity contribution in [3.63, 3.8) is 0 Å². The Morgan fingerprint density at radius 2 is 1.15 bits per heavy atom. The molecule has 0 bridgehead atoms. The van der Waals surface area contributed by atoms with Gasteiger partial charge in [0, 0.05) is 12.2 Å². The van der Waals surface area contributed by atoms with Crippen molar-refractivity contribution in [3.8, 4) is 11.5 Å². The fraction of sp³-hybridized carbons (Fsp3) is 0.0556. The fourth-order valence-corrected chi connectivity index (χ4v) is 4.25. The van der Waals surface area contributed by atoms with Gasteiger partial charge in [-0.25, -0.2) is 17.6 Å². The summed E-state index contributed by atoms with van der Waals surface area (Å²) >= 11 is 3.26. The van der Waals surface area contributed by atoms with E-state index in [2.05, 4.69) is 41.9 Å². The lowest BCUT2D eigenvalue weighted by molar-refractivity contribution is 0.0982. The third-order valence-electron chi connectivity index (χ3n) is 6.50. The van der Waals surface area contributed by atoms with E-state index in [4.69, 9.17) is 24.6 Å². The van der Waals surface area contributed by atoms with Gasteiger partial charge >= 0.3 is 0 Å². The van der Waals surface area contributed by atoms with Gasteiger partial charge in [-0.2, -0.15) is 9.97 Å². The van der Waals surface area contributed by atoms with Crippen LogP contribution in [-0.2, 0) is 11.9 Å². The summed E-state index contributed by atoms with van der Waals surface area (Å²) in [6.45, 7) is -0.233. The van der Waals surface area contributed by atoms with Crippen LogP contribution in [0.2, 0.25) is 0 Å². The molecule has 272 valence electrons. The molecule has 0 aliphatic rings. The van der Waals surface area contributed by atoms with Crippen molar-refractivity contribution in [2.45, 2.75) is 11.9 Å². The van der Waals surface area contributed by atoms with Crippen LogP contribution in [0.1, 0.15) is 55.3 Å². The Balaban J connectivity index is 0.000000196. The molecule has 12 nitrogen and oxygen atoms in total. The van der Waals surface area contributed by atoms with Crippen molar-refractivity contribution >= 4 is 52.0 Å². The first-order chi connectivity index (χ1) is 25.5. The van der Waals surface area contributed by atoms with Crippen LogP contribution in [0.5, 0.6) is 11.5 Å². The van der Waals surface area contributed by atoms with E-state index in [-0.39, 0.29) is 24.1 Å². The van der Waals surface area contributed by atoms with Gasteiger partial charge < -0.3 is 30.4 Å². The van der Waals surface area contributed by atoms with Crippen molar-refractivity contribution in [2.24, 2.45) is 11.5 Å². The summed E-state index contributed by atoms with van der Waals surface area (Å²) in [5.41, 5.74) is 9.89. The Kier molecular flexibility index (Phi) is 14.1. The minimum absolute atomic E-state index is 0.155. The zero-order chi connectivity index (χ0) is 38.3. The van der Waals surface area contributed by atoms with Gasteiger partial charge in [0.2, 0.25) is 5.82 Å². The summed E-state index contributed by atoms with van der Waals surface area (Å²) in [7, 11) is 0. The number of benzene rings is 4. The van der Waals surface area contributed by atoms with Crippen molar-refractivity contribution in [2.75, 3.05) is 0 Å². The van der Waals surface area contributed by atoms with Crippen molar-refractivity contribution < 1.29 is 46.0 Å². The van der Waals surface area contributed by atoms with Crippen LogP contribution < -0.4 is 16.2 Å². The fourth-order valence-electron chi connectivity index (χ4n) is 4.03. The van der Waals surface area contributed by atoms with Crippen LogP contribution in [-0.4, -0.2) is 37.2 Å². The molecule has 53 heavy (non-hydrogen) atoms. The van der Waals surface area contributed by atoms with Crippen LogP contribution >= 0.6 is 15.9 Å². The van der Waals surface area contributed by atoms with Crippen molar-refractivity contribution in [1.82, 2.24) is 20.3 Å². The summed E-state index contributed by atoms with van der Waals surface area (Å²) in [5.74, 6) is -6.69. The molecule has 4 aromatic carbocycles. The van der Waals surface area contributed by atoms with Crippen molar-refractivity contribution in [3.05, 3.63) is 154 Å². The number of phenols is 1. The van der Waals surface area contributed by atoms with E-state index >= 15 is 0 Å². The number of aromatic hydroxyl groups is 1. The number of carbonyl (C=O) groups excluding carboxylic acids is 2. The Morgan fingerprint density at radius 1 is 0.679 bits per heavy atom. The summed E-state index contributed by atoms with van der Waals surface area (Å²) in [5, 5.41) is 16.8. The number of aromatic nitrogens is 4. The number of rotatable bonds is 10. The highest BCUT2D eigenvalue weighted by molar-refractivity contribution is 9.08. The molecule has 0 atom stereocenters. The number of ether oxygens (including phenoxy) is 1.